The largest absolute Gasteiger partial charge is 0.475 e. The molecule has 3 nitrogen and oxygen atoms in total. The van der Waals surface area contributed by atoms with Crippen LogP contribution in [0.25, 0.3) is 0 Å². The first-order chi connectivity index (χ1) is 8.12. The van der Waals surface area contributed by atoms with Crippen molar-refractivity contribution in [1.29, 1.82) is 0 Å². The van der Waals surface area contributed by atoms with Gasteiger partial charge < -0.3 is 9.47 Å². The van der Waals surface area contributed by atoms with Crippen LogP contribution in [0.4, 0.5) is 17.6 Å². The summed E-state index contributed by atoms with van der Waals surface area (Å²) < 4.78 is 58.9. The molecule has 0 spiro atoms. The molecule has 0 fully saturated rings. The first-order valence-corrected chi connectivity index (χ1v) is 5.33. The molecule has 0 aliphatic rings. The fourth-order valence-electron chi connectivity index (χ4n) is 0.948. The third kappa shape index (κ3) is 3.86. The molecule has 1 rings (SSSR count). The minimum atomic E-state index is -4.70. The smallest absolute Gasteiger partial charge is 0.427 e. The van der Waals surface area contributed by atoms with Gasteiger partial charge in [-0.1, -0.05) is 0 Å². The summed E-state index contributed by atoms with van der Waals surface area (Å²) in [5, 5.41) is 0. The third-order valence-corrected chi connectivity index (χ3v) is 2.12. The van der Waals surface area contributed by atoms with E-state index in [0.29, 0.717) is 0 Å². The summed E-state index contributed by atoms with van der Waals surface area (Å²) >= 11 is 1.53. The molecule has 0 aromatic heterocycles. The predicted octanol–water partition coefficient (Wildman–Crippen LogP) is 3.57. The van der Waals surface area contributed by atoms with Gasteiger partial charge >= 0.3 is 16.9 Å². The maximum absolute atomic E-state index is 12.8. The molecule has 0 amide bonds. The van der Waals surface area contributed by atoms with Gasteiger partial charge in [0.1, 0.15) is 11.5 Å². The number of hydrogen-bond acceptors (Lipinski definition) is 3. The number of ether oxygens (including phenoxy) is 2. The lowest BCUT2D eigenvalue weighted by Crippen LogP contribution is -2.40. The fourth-order valence-corrected chi connectivity index (χ4v) is 1.03. The normalized spacial score (nSPS) is 12.1. The Labute approximate surface area is 108 Å². The second-order valence-corrected chi connectivity index (χ2v) is 4.18. The van der Waals surface area contributed by atoms with Gasteiger partial charge in [0, 0.05) is 22.9 Å². The summed E-state index contributed by atoms with van der Waals surface area (Å²) in [5.41, 5.74) is 0. The quantitative estimate of drug-likeness (QED) is 0.366. The van der Waals surface area contributed by atoms with E-state index in [2.05, 4.69) is 9.47 Å². The van der Waals surface area contributed by atoms with Gasteiger partial charge in [-0.2, -0.15) is 17.6 Å². The SMILES string of the molecule is CC(=O)Oc1ccc(OC(F)(F)C(F)(F)Br)cc1. The van der Waals surface area contributed by atoms with Crippen molar-refractivity contribution in [2.75, 3.05) is 0 Å². The van der Waals surface area contributed by atoms with Gasteiger partial charge in [-0.3, -0.25) is 4.79 Å². The van der Waals surface area contributed by atoms with Gasteiger partial charge in [-0.25, -0.2) is 0 Å². The molecule has 0 saturated heterocycles. The van der Waals surface area contributed by atoms with E-state index in [1.165, 1.54) is 15.9 Å². The summed E-state index contributed by atoms with van der Waals surface area (Å²) in [6.07, 6.45) is -4.70. The van der Waals surface area contributed by atoms with Gasteiger partial charge in [-0.05, 0) is 24.3 Å². The molecule has 0 bridgehead atoms. The molecule has 0 saturated carbocycles. The fraction of sp³-hybridized carbons (Fsp3) is 0.300. The monoisotopic (exact) mass is 330 g/mol. The van der Waals surface area contributed by atoms with Crippen molar-refractivity contribution >= 4 is 21.9 Å². The lowest BCUT2D eigenvalue weighted by atomic mass is 10.3. The van der Waals surface area contributed by atoms with Gasteiger partial charge in [-0.15, -0.1) is 0 Å². The van der Waals surface area contributed by atoms with Crippen LogP contribution in [0.2, 0.25) is 0 Å². The molecule has 0 unspecified atom stereocenters. The maximum Gasteiger partial charge on any atom is 0.475 e. The number of hydrogen-bond donors (Lipinski definition) is 0. The molecule has 100 valence electrons. The van der Waals surface area contributed by atoms with Crippen molar-refractivity contribution in [3.05, 3.63) is 24.3 Å². The molecule has 8 heteroatoms. The van der Waals surface area contributed by atoms with Crippen molar-refractivity contribution in [2.24, 2.45) is 0 Å². The second-order valence-electron chi connectivity index (χ2n) is 3.18. The van der Waals surface area contributed by atoms with Crippen molar-refractivity contribution in [2.45, 2.75) is 17.9 Å². The summed E-state index contributed by atoms with van der Waals surface area (Å²) in [7, 11) is 0. The highest BCUT2D eigenvalue weighted by atomic mass is 79.9. The lowest BCUT2D eigenvalue weighted by Gasteiger charge is -2.21. The van der Waals surface area contributed by atoms with E-state index in [0.717, 1.165) is 31.2 Å². The Morgan fingerprint density at radius 1 is 1.11 bits per heavy atom. The average molecular weight is 331 g/mol. The standard InChI is InChI=1S/C10H7BrF4O3/c1-6(16)17-7-2-4-8(5-3-7)18-10(14,15)9(11,12)13/h2-5H,1H3. The molecule has 0 aliphatic carbocycles. The maximum atomic E-state index is 12.8. The second kappa shape index (κ2) is 5.13. The molecule has 0 heterocycles. The Hall–Kier alpha value is -1.31. The van der Waals surface area contributed by atoms with E-state index in [1.807, 2.05) is 0 Å². The van der Waals surface area contributed by atoms with Crippen LogP contribution in [-0.4, -0.2) is 16.9 Å². The van der Waals surface area contributed by atoms with Crippen LogP contribution < -0.4 is 9.47 Å². The van der Waals surface area contributed by atoms with Gasteiger partial charge in [0.2, 0.25) is 0 Å². The van der Waals surface area contributed by atoms with Crippen molar-refractivity contribution in [3.63, 3.8) is 0 Å². The van der Waals surface area contributed by atoms with Crippen LogP contribution in [0.15, 0.2) is 24.3 Å². The summed E-state index contributed by atoms with van der Waals surface area (Å²) in [6.45, 7) is 1.16. The van der Waals surface area contributed by atoms with E-state index in [1.54, 1.807) is 0 Å². The van der Waals surface area contributed by atoms with E-state index >= 15 is 0 Å². The molecule has 0 aliphatic heterocycles. The number of benzene rings is 1. The van der Waals surface area contributed by atoms with Gasteiger partial charge in [0.25, 0.3) is 0 Å². The number of alkyl halides is 5. The van der Waals surface area contributed by atoms with Crippen LogP contribution in [0, 0.1) is 0 Å². The number of esters is 1. The molecule has 0 atom stereocenters. The minimum absolute atomic E-state index is 0.0868. The Morgan fingerprint density at radius 2 is 1.56 bits per heavy atom. The minimum Gasteiger partial charge on any atom is -0.427 e. The molecular weight excluding hydrogens is 324 g/mol. The highest BCUT2D eigenvalue weighted by molar-refractivity contribution is 9.10. The predicted molar refractivity (Wildman–Crippen MR) is 57.2 cm³/mol. The van der Waals surface area contributed by atoms with E-state index in [9.17, 15) is 22.4 Å². The Kier molecular flexibility index (Phi) is 4.20. The first kappa shape index (κ1) is 14.7. The van der Waals surface area contributed by atoms with Crippen molar-refractivity contribution in [3.8, 4) is 11.5 Å². The first-order valence-electron chi connectivity index (χ1n) is 4.54. The van der Waals surface area contributed by atoms with E-state index in [4.69, 9.17) is 0 Å². The van der Waals surface area contributed by atoms with E-state index in [-0.39, 0.29) is 5.75 Å². The zero-order valence-corrected chi connectivity index (χ0v) is 10.5. The molecule has 0 N–H and O–H groups in total. The van der Waals surface area contributed by atoms with E-state index < -0.39 is 22.7 Å². The summed E-state index contributed by atoms with van der Waals surface area (Å²) in [5.74, 6) is -1.00. The summed E-state index contributed by atoms with van der Waals surface area (Å²) in [4.78, 5) is 6.09. The highest BCUT2D eigenvalue weighted by Gasteiger charge is 2.57. The number of halogens is 5. The van der Waals surface area contributed by atoms with Crippen LogP contribution in [0.3, 0.4) is 0 Å². The molecular formula is C10H7BrF4O3. The number of carbonyl (C=O) groups excluding carboxylic acids is 1. The molecule has 1 aromatic carbocycles. The van der Waals surface area contributed by atoms with Gasteiger partial charge in [0.05, 0.1) is 0 Å². The Bertz CT molecular complexity index is 428. The zero-order chi connectivity index (χ0) is 14.0. The van der Waals surface area contributed by atoms with Crippen LogP contribution in [-0.2, 0) is 4.79 Å². The topological polar surface area (TPSA) is 35.5 Å². The average Bonchev–Trinajstić information content (AvgIpc) is 2.18. The summed E-state index contributed by atoms with van der Waals surface area (Å²) in [6, 6.07) is 4.23. The zero-order valence-electron chi connectivity index (χ0n) is 8.92. The van der Waals surface area contributed by atoms with Crippen molar-refractivity contribution < 1.29 is 31.8 Å². The number of carbonyl (C=O) groups is 1. The van der Waals surface area contributed by atoms with Gasteiger partial charge in [0.15, 0.2) is 0 Å². The molecule has 1 aromatic rings. The lowest BCUT2D eigenvalue weighted by molar-refractivity contribution is -0.266. The van der Waals surface area contributed by atoms with Crippen LogP contribution in [0.1, 0.15) is 6.92 Å². The third-order valence-electron chi connectivity index (χ3n) is 1.66. The Balaban J connectivity index is 2.78. The van der Waals surface area contributed by atoms with Crippen LogP contribution >= 0.6 is 15.9 Å². The molecule has 0 radical (unpaired) electrons. The molecule has 18 heavy (non-hydrogen) atoms. The number of rotatable bonds is 4. The highest BCUT2D eigenvalue weighted by Crippen LogP contribution is 2.40. The van der Waals surface area contributed by atoms with Crippen LogP contribution in [0.5, 0.6) is 11.5 Å². The van der Waals surface area contributed by atoms with Crippen molar-refractivity contribution in [1.82, 2.24) is 0 Å². The Morgan fingerprint density at radius 3 is 1.94 bits per heavy atom.